The molecule has 0 heterocycles. The second-order valence-electron chi connectivity index (χ2n) is 2.02. The fourth-order valence-electron chi connectivity index (χ4n) is 0.685. The normalized spacial score (nSPS) is 9.75. The van der Waals surface area contributed by atoms with Gasteiger partial charge in [-0.15, -0.1) is 0 Å². The summed E-state index contributed by atoms with van der Waals surface area (Å²) in [6.07, 6.45) is 0. The summed E-state index contributed by atoms with van der Waals surface area (Å²) in [7, 11) is 0. The summed E-state index contributed by atoms with van der Waals surface area (Å²) in [6, 6.07) is 2.01. The number of nitrogens with zero attached hydrogens (tertiary/aromatic N) is 1. The lowest BCUT2D eigenvalue weighted by Crippen LogP contribution is -1.88. The third-order valence-corrected chi connectivity index (χ3v) is 1.64. The van der Waals surface area contributed by atoms with Crippen molar-refractivity contribution in [2.45, 2.75) is 0 Å². The molecule has 0 spiro atoms. The third-order valence-electron chi connectivity index (χ3n) is 1.27. The number of hydrogen-bond donors (Lipinski definition) is 2. The molecule has 0 saturated heterocycles. The maximum absolute atomic E-state index is 10.2. The number of halogens is 1. The van der Waals surface area contributed by atoms with E-state index in [1.54, 1.807) is 0 Å². The molecule has 0 aliphatic heterocycles. The molecule has 6 heteroatoms. The van der Waals surface area contributed by atoms with Crippen LogP contribution in [0.15, 0.2) is 12.1 Å². The van der Waals surface area contributed by atoms with Crippen molar-refractivity contribution < 1.29 is 15.1 Å². The monoisotopic (exact) mass is 189 g/mol. The quantitative estimate of drug-likeness (QED) is 0.400. The zero-order chi connectivity index (χ0) is 9.30. The Morgan fingerprint density at radius 1 is 1.42 bits per heavy atom. The predicted octanol–water partition coefficient (Wildman–Crippen LogP) is 1.66. The lowest BCUT2D eigenvalue weighted by atomic mass is 10.3. The van der Waals surface area contributed by atoms with E-state index in [0.29, 0.717) is 0 Å². The lowest BCUT2D eigenvalue weighted by Gasteiger charge is -1.99. The molecule has 1 aromatic carbocycles. The predicted molar refractivity (Wildman–Crippen MR) is 41.4 cm³/mol. The summed E-state index contributed by atoms with van der Waals surface area (Å²) in [6.45, 7) is 0. The molecule has 0 amide bonds. The smallest absolute Gasteiger partial charge is 0.291 e. The molecule has 0 aromatic heterocycles. The zero-order valence-electron chi connectivity index (χ0n) is 5.69. The van der Waals surface area contributed by atoms with Gasteiger partial charge in [0, 0.05) is 6.07 Å². The second-order valence-corrected chi connectivity index (χ2v) is 2.40. The number of phenols is 2. The first-order chi connectivity index (χ1) is 5.54. The summed E-state index contributed by atoms with van der Waals surface area (Å²) in [5.41, 5.74) is -0.438. The standard InChI is InChI=1S/C6H4ClNO4/c7-5-3(8(11)12)1-2-4(9)6(5)10/h1-2,9-10H. The number of phenolic OH excluding ortho intramolecular Hbond substituents is 2. The van der Waals surface area contributed by atoms with Crippen LogP contribution in [0.1, 0.15) is 0 Å². The molecule has 0 aliphatic rings. The van der Waals surface area contributed by atoms with Gasteiger partial charge in [-0.2, -0.15) is 0 Å². The Hall–Kier alpha value is -1.49. The summed E-state index contributed by atoms with van der Waals surface area (Å²) < 4.78 is 0. The van der Waals surface area contributed by atoms with Crippen molar-refractivity contribution in [3.63, 3.8) is 0 Å². The van der Waals surface area contributed by atoms with Crippen molar-refractivity contribution in [3.8, 4) is 11.5 Å². The first-order valence-electron chi connectivity index (χ1n) is 2.89. The highest BCUT2D eigenvalue weighted by molar-refractivity contribution is 6.34. The average Bonchev–Trinajstić information content (AvgIpc) is 2.00. The number of hydrogen-bond acceptors (Lipinski definition) is 4. The number of rotatable bonds is 1. The molecule has 0 saturated carbocycles. The van der Waals surface area contributed by atoms with E-state index in [-0.39, 0.29) is 0 Å². The van der Waals surface area contributed by atoms with Gasteiger partial charge in [0.25, 0.3) is 5.69 Å². The molecular formula is C6H4ClNO4. The molecule has 2 N–H and O–H groups in total. The van der Waals surface area contributed by atoms with E-state index < -0.39 is 27.1 Å². The van der Waals surface area contributed by atoms with Crippen LogP contribution >= 0.6 is 11.6 Å². The molecule has 5 nitrogen and oxygen atoms in total. The van der Waals surface area contributed by atoms with Crippen molar-refractivity contribution in [1.29, 1.82) is 0 Å². The highest BCUT2D eigenvalue weighted by atomic mass is 35.5. The third kappa shape index (κ3) is 1.26. The van der Waals surface area contributed by atoms with Gasteiger partial charge in [0.1, 0.15) is 0 Å². The number of nitro groups is 1. The van der Waals surface area contributed by atoms with Gasteiger partial charge in [0.2, 0.25) is 0 Å². The van der Waals surface area contributed by atoms with Gasteiger partial charge in [-0.05, 0) is 6.07 Å². The van der Waals surface area contributed by atoms with Crippen LogP contribution in [-0.4, -0.2) is 15.1 Å². The van der Waals surface area contributed by atoms with Crippen LogP contribution in [-0.2, 0) is 0 Å². The van der Waals surface area contributed by atoms with Crippen LogP contribution in [0.4, 0.5) is 5.69 Å². The molecule has 0 fully saturated rings. The topological polar surface area (TPSA) is 83.6 Å². The number of benzene rings is 1. The molecule has 1 aromatic rings. The molecule has 1 rings (SSSR count). The van der Waals surface area contributed by atoms with Crippen LogP contribution in [0, 0.1) is 10.1 Å². The van der Waals surface area contributed by atoms with Gasteiger partial charge < -0.3 is 10.2 Å². The first-order valence-corrected chi connectivity index (χ1v) is 3.26. The number of nitro benzene ring substituents is 1. The Bertz CT molecular complexity index is 339. The van der Waals surface area contributed by atoms with E-state index in [4.69, 9.17) is 21.8 Å². The molecule has 12 heavy (non-hydrogen) atoms. The number of aromatic hydroxyl groups is 2. The van der Waals surface area contributed by atoms with E-state index >= 15 is 0 Å². The SMILES string of the molecule is O=[N+]([O-])c1ccc(O)c(O)c1Cl. The Kier molecular flexibility index (Phi) is 2.05. The Balaban J connectivity index is 3.36. The minimum atomic E-state index is -0.749. The maximum atomic E-state index is 10.2. The van der Waals surface area contributed by atoms with Gasteiger partial charge in [0.15, 0.2) is 16.5 Å². The van der Waals surface area contributed by atoms with Gasteiger partial charge in [-0.25, -0.2) is 0 Å². The first kappa shape index (κ1) is 8.61. The van der Waals surface area contributed by atoms with E-state index in [9.17, 15) is 10.1 Å². The van der Waals surface area contributed by atoms with E-state index in [2.05, 4.69) is 0 Å². The zero-order valence-corrected chi connectivity index (χ0v) is 6.45. The van der Waals surface area contributed by atoms with Gasteiger partial charge in [-0.1, -0.05) is 11.6 Å². The van der Waals surface area contributed by atoms with Crippen LogP contribution < -0.4 is 0 Å². The van der Waals surface area contributed by atoms with E-state index in [0.717, 1.165) is 12.1 Å². The highest BCUT2D eigenvalue weighted by Crippen LogP contribution is 2.39. The summed E-state index contributed by atoms with van der Waals surface area (Å²) in [5, 5.41) is 27.6. The summed E-state index contributed by atoms with van der Waals surface area (Å²) in [4.78, 5) is 9.47. The average molecular weight is 190 g/mol. The van der Waals surface area contributed by atoms with Gasteiger partial charge in [0.05, 0.1) is 4.92 Å². The Morgan fingerprint density at radius 3 is 2.50 bits per heavy atom. The minimum Gasteiger partial charge on any atom is -0.504 e. The van der Waals surface area contributed by atoms with Crippen molar-refractivity contribution in [3.05, 3.63) is 27.3 Å². The summed E-state index contributed by atoms with van der Waals surface area (Å²) >= 11 is 5.34. The van der Waals surface area contributed by atoms with Crippen molar-refractivity contribution >= 4 is 17.3 Å². The van der Waals surface area contributed by atoms with E-state index in [1.165, 1.54) is 0 Å². The molecule has 0 aliphatic carbocycles. The molecule has 0 unspecified atom stereocenters. The summed E-state index contributed by atoms with van der Waals surface area (Å²) in [5.74, 6) is -1.16. The largest absolute Gasteiger partial charge is 0.504 e. The van der Waals surface area contributed by atoms with E-state index in [1.807, 2.05) is 0 Å². The molecule has 0 bridgehead atoms. The fraction of sp³-hybridized carbons (Fsp3) is 0. The molecule has 0 radical (unpaired) electrons. The highest BCUT2D eigenvalue weighted by Gasteiger charge is 2.17. The second kappa shape index (κ2) is 2.86. The Morgan fingerprint density at radius 2 is 2.00 bits per heavy atom. The lowest BCUT2D eigenvalue weighted by molar-refractivity contribution is -0.384. The van der Waals surface area contributed by atoms with Crippen LogP contribution in [0.3, 0.4) is 0 Å². The van der Waals surface area contributed by atoms with Crippen molar-refractivity contribution in [2.75, 3.05) is 0 Å². The van der Waals surface area contributed by atoms with Crippen molar-refractivity contribution in [1.82, 2.24) is 0 Å². The maximum Gasteiger partial charge on any atom is 0.291 e. The van der Waals surface area contributed by atoms with Crippen LogP contribution in [0.5, 0.6) is 11.5 Å². The molecule has 64 valence electrons. The molecule has 0 atom stereocenters. The minimum absolute atomic E-state index is 0.438. The van der Waals surface area contributed by atoms with Crippen LogP contribution in [0.2, 0.25) is 5.02 Å². The van der Waals surface area contributed by atoms with Crippen molar-refractivity contribution in [2.24, 2.45) is 0 Å². The fourth-order valence-corrected chi connectivity index (χ4v) is 0.914. The van der Waals surface area contributed by atoms with Crippen LogP contribution in [0.25, 0.3) is 0 Å². The van der Waals surface area contributed by atoms with Gasteiger partial charge >= 0.3 is 0 Å². The molecular weight excluding hydrogens is 186 g/mol. The Labute approximate surface area is 72.0 Å². The van der Waals surface area contributed by atoms with Gasteiger partial charge in [-0.3, -0.25) is 10.1 Å².